The normalized spacial score (nSPS) is 16.3. The second kappa shape index (κ2) is 6.55. The van der Waals surface area contributed by atoms with Gasteiger partial charge in [-0.1, -0.05) is 30.3 Å². The lowest BCUT2D eigenvalue weighted by Crippen LogP contribution is -2.43. The number of hydrogen-bond donors (Lipinski definition) is 2. The van der Waals surface area contributed by atoms with Crippen LogP contribution in [-0.2, 0) is 11.2 Å². The molecule has 1 unspecified atom stereocenters. The summed E-state index contributed by atoms with van der Waals surface area (Å²) in [6, 6.07) is 10.8. The minimum atomic E-state index is -0.0821. The Balaban J connectivity index is 1.58. The van der Waals surface area contributed by atoms with E-state index in [0.29, 0.717) is 6.04 Å². The fraction of sp³-hybridized carbons (Fsp3) is 0.533. The lowest BCUT2D eigenvalue weighted by atomic mass is 10.1. The van der Waals surface area contributed by atoms with Gasteiger partial charge in [0.1, 0.15) is 0 Å². The number of aryl methyl sites for hydroxylation is 1. The molecule has 3 nitrogen and oxygen atoms in total. The standard InChI is InChI=1S/C15H22N2O/c1-12(15(18)17-14-9-10-14)16-11-5-8-13-6-3-2-4-7-13/h2-4,6-7,12,14,16H,5,8-11H2,1H3,(H,17,18). The molecule has 18 heavy (non-hydrogen) atoms. The van der Waals surface area contributed by atoms with Crippen LogP contribution in [-0.4, -0.2) is 24.5 Å². The summed E-state index contributed by atoms with van der Waals surface area (Å²) >= 11 is 0. The fourth-order valence-electron chi connectivity index (χ4n) is 1.90. The monoisotopic (exact) mass is 246 g/mol. The second-order valence-corrected chi connectivity index (χ2v) is 5.05. The zero-order valence-corrected chi connectivity index (χ0v) is 11.0. The molecular formula is C15H22N2O. The van der Waals surface area contributed by atoms with Gasteiger partial charge in [0.25, 0.3) is 0 Å². The van der Waals surface area contributed by atoms with Crippen LogP contribution in [0.2, 0.25) is 0 Å². The zero-order chi connectivity index (χ0) is 12.8. The SMILES string of the molecule is CC(NCCCc1ccccc1)C(=O)NC1CC1. The van der Waals surface area contributed by atoms with Crippen molar-refractivity contribution in [1.29, 1.82) is 0 Å². The first kappa shape index (κ1) is 13.1. The van der Waals surface area contributed by atoms with Crippen molar-refractivity contribution in [1.82, 2.24) is 10.6 Å². The van der Waals surface area contributed by atoms with Gasteiger partial charge in [-0.05, 0) is 44.7 Å². The summed E-state index contributed by atoms with van der Waals surface area (Å²) in [6.07, 6.45) is 4.41. The predicted molar refractivity (Wildman–Crippen MR) is 73.4 cm³/mol. The van der Waals surface area contributed by atoms with Gasteiger partial charge >= 0.3 is 0 Å². The van der Waals surface area contributed by atoms with Gasteiger partial charge < -0.3 is 10.6 Å². The largest absolute Gasteiger partial charge is 0.352 e. The van der Waals surface area contributed by atoms with E-state index in [9.17, 15) is 4.79 Å². The van der Waals surface area contributed by atoms with E-state index >= 15 is 0 Å². The average Bonchev–Trinajstić information content (AvgIpc) is 3.19. The first-order valence-electron chi connectivity index (χ1n) is 6.83. The van der Waals surface area contributed by atoms with Crippen molar-refractivity contribution >= 4 is 5.91 Å². The van der Waals surface area contributed by atoms with Gasteiger partial charge in [-0.3, -0.25) is 4.79 Å². The third kappa shape index (κ3) is 4.49. The van der Waals surface area contributed by atoms with E-state index in [1.54, 1.807) is 0 Å². The van der Waals surface area contributed by atoms with Crippen LogP contribution in [0.1, 0.15) is 31.7 Å². The van der Waals surface area contributed by atoms with Crippen LogP contribution in [0.25, 0.3) is 0 Å². The van der Waals surface area contributed by atoms with E-state index in [2.05, 4.69) is 34.9 Å². The molecule has 0 heterocycles. The smallest absolute Gasteiger partial charge is 0.237 e. The molecule has 1 amide bonds. The van der Waals surface area contributed by atoms with Crippen molar-refractivity contribution in [3.8, 4) is 0 Å². The molecule has 1 aromatic carbocycles. The highest BCUT2D eigenvalue weighted by molar-refractivity contribution is 5.81. The van der Waals surface area contributed by atoms with Crippen LogP contribution >= 0.6 is 0 Å². The van der Waals surface area contributed by atoms with Crippen molar-refractivity contribution < 1.29 is 4.79 Å². The molecule has 1 aliphatic carbocycles. The van der Waals surface area contributed by atoms with Crippen LogP contribution in [0.3, 0.4) is 0 Å². The van der Waals surface area contributed by atoms with Crippen molar-refractivity contribution in [3.05, 3.63) is 35.9 Å². The minimum Gasteiger partial charge on any atom is -0.352 e. The number of amides is 1. The molecule has 1 saturated carbocycles. The van der Waals surface area contributed by atoms with Gasteiger partial charge in [0.15, 0.2) is 0 Å². The summed E-state index contributed by atoms with van der Waals surface area (Å²) in [5, 5.41) is 6.28. The second-order valence-electron chi connectivity index (χ2n) is 5.05. The van der Waals surface area contributed by atoms with Gasteiger partial charge in [-0.2, -0.15) is 0 Å². The first-order valence-corrected chi connectivity index (χ1v) is 6.83. The highest BCUT2D eigenvalue weighted by Gasteiger charge is 2.25. The number of hydrogen-bond acceptors (Lipinski definition) is 2. The van der Waals surface area contributed by atoms with Crippen LogP contribution in [0.15, 0.2) is 30.3 Å². The van der Waals surface area contributed by atoms with Crippen molar-refractivity contribution in [2.45, 2.75) is 44.7 Å². The average molecular weight is 246 g/mol. The van der Waals surface area contributed by atoms with Gasteiger partial charge in [-0.25, -0.2) is 0 Å². The van der Waals surface area contributed by atoms with Crippen LogP contribution in [0, 0.1) is 0 Å². The fourth-order valence-corrected chi connectivity index (χ4v) is 1.90. The molecule has 0 saturated heterocycles. The molecule has 1 atom stereocenters. The van der Waals surface area contributed by atoms with E-state index in [1.165, 1.54) is 5.56 Å². The number of nitrogens with one attached hydrogen (secondary N) is 2. The maximum absolute atomic E-state index is 11.7. The number of rotatable bonds is 7. The van der Waals surface area contributed by atoms with Gasteiger partial charge in [-0.15, -0.1) is 0 Å². The summed E-state index contributed by atoms with van der Waals surface area (Å²) in [6.45, 7) is 2.81. The first-order chi connectivity index (χ1) is 8.75. The summed E-state index contributed by atoms with van der Waals surface area (Å²) in [7, 11) is 0. The maximum atomic E-state index is 11.7. The quantitative estimate of drug-likeness (QED) is 0.721. The molecule has 1 fully saturated rings. The Kier molecular flexibility index (Phi) is 4.76. The molecule has 0 spiro atoms. The van der Waals surface area contributed by atoms with E-state index in [-0.39, 0.29) is 11.9 Å². The Labute approximate surface area is 109 Å². The van der Waals surface area contributed by atoms with Crippen molar-refractivity contribution in [2.75, 3.05) is 6.54 Å². The Morgan fingerprint density at radius 1 is 1.33 bits per heavy atom. The van der Waals surface area contributed by atoms with Crippen molar-refractivity contribution in [3.63, 3.8) is 0 Å². The van der Waals surface area contributed by atoms with E-state index < -0.39 is 0 Å². The molecule has 0 aromatic heterocycles. The lowest BCUT2D eigenvalue weighted by Gasteiger charge is -2.13. The van der Waals surface area contributed by atoms with E-state index in [0.717, 1.165) is 32.2 Å². The van der Waals surface area contributed by atoms with Gasteiger partial charge in [0.05, 0.1) is 6.04 Å². The summed E-state index contributed by atoms with van der Waals surface area (Å²) < 4.78 is 0. The third-order valence-corrected chi connectivity index (χ3v) is 3.25. The minimum absolute atomic E-state index is 0.0821. The molecule has 3 heteroatoms. The molecule has 0 aliphatic heterocycles. The highest BCUT2D eigenvalue weighted by Crippen LogP contribution is 2.18. The number of carbonyl (C=O) groups is 1. The lowest BCUT2D eigenvalue weighted by molar-refractivity contribution is -0.122. The van der Waals surface area contributed by atoms with Crippen LogP contribution in [0.5, 0.6) is 0 Å². The maximum Gasteiger partial charge on any atom is 0.237 e. The molecule has 2 N–H and O–H groups in total. The number of benzene rings is 1. The van der Waals surface area contributed by atoms with Crippen molar-refractivity contribution in [2.24, 2.45) is 0 Å². The van der Waals surface area contributed by atoms with Crippen LogP contribution in [0.4, 0.5) is 0 Å². The summed E-state index contributed by atoms with van der Waals surface area (Å²) in [5.74, 6) is 0.136. The molecule has 0 radical (unpaired) electrons. The molecule has 1 aliphatic rings. The summed E-state index contributed by atoms with van der Waals surface area (Å²) in [4.78, 5) is 11.7. The van der Waals surface area contributed by atoms with Gasteiger partial charge in [0.2, 0.25) is 5.91 Å². The van der Waals surface area contributed by atoms with Crippen LogP contribution < -0.4 is 10.6 Å². The van der Waals surface area contributed by atoms with E-state index in [1.807, 2.05) is 13.0 Å². The molecular weight excluding hydrogens is 224 g/mol. The highest BCUT2D eigenvalue weighted by atomic mass is 16.2. The Hall–Kier alpha value is -1.35. The Morgan fingerprint density at radius 3 is 2.72 bits per heavy atom. The topological polar surface area (TPSA) is 41.1 Å². The Morgan fingerprint density at radius 2 is 2.06 bits per heavy atom. The predicted octanol–water partition coefficient (Wildman–Crippen LogP) is 1.88. The molecule has 98 valence electrons. The Bertz CT molecular complexity index is 373. The zero-order valence-electron chi connectivity index (χ0n) is 11.0. The van der Waals surface area contributed by atoms with Gasteiger partial charge in [0, 0.05) is 6.04 Å². The number of carbonyl (C=O) groups excluding carboxylic acids is 1. The molecule has 1 aromatic rings. The third-order valence-electron chi connectivity index (χ3n) is 3.25. The molecule has 2 rings (SSSR count). The molecule has 0 bridgehead atoms. The van der Waals surface area contributed by atoms with E-state index in [4.69, 9.17) is 0 Å². The summed E-state index contributed by atoms with van der Waals surface area (Å²) in [5.41, 5.74) is 1.36.